The predicted octanol–water partition coefficient (Wildman–Crippen LogP) is 5.02. The zero-order valence-corrected chi connectivity index (χ0v) is 16.8. The Morgan fingerprint density at radius 2 is 1.64 bits per heavy atom. The van der Waals surface area contributed by atoms with E-state index in [0.29, 0.717) is 6.42 Å². The fourth-order valence-electron chi connectivity index (χ4n) is 2.43. The van der Waals surface area contributed by atoms with Gasteiger partial charge in [0.05, 0.1) is 12.0 Å². The normalized spacial score (nSPS) is 12.8. The SMILES string of the molecule is COc1ccc(C(CCCCBr)OS(=O)(=O)c2ccc(C)cc2)cc1. The quantitative estimate of drug-likeness (QED) is 0.321. The lowest BCUT2D eigenvalue weighted by molar-refractivity contribution is 0.199. The fraction of sp³-hybridized carbons (Fsp3) is 0.368. The molecule has 6 heteroatoms. The number of unbranched alkanes of at least 4 members (excludes halogenated alkanes) is 1. The molecular weight excluding hydrogens is 404 g/mol. The first-order valence-electron chi connectivity index (χ1n) is 8.16. The van der Waals surface area contributed by atoms with Crippen LogP contribution in [0.5, 0.6) is 5.75 Å². The highest BCUT2D eigenvalue weighted by Gasteiger charge is 2.23. The molecule has 0 aliphatic carbocycles. The van der Waals surface area contributed by atoms with Crippen molar-refractivity contribution in [3.8, 4) is 5.75 Å². The molecule has 0 saturated heterocycles. The summed E-state index contributed by atoms with van der Waals surface area (Å²) in [5, 5.41) is 0.882. The molecule has 0 aliphatic heterocycles. The second kappa shape index (κ2) is 9.36. The lowest BCUT2D eigenvalue weighted by atomic mass is 10.0. The number of rotatable bonds is 9. The number of alkyl halides is 1. The summed E-state index contributed by atoms with van der Waals surface area (Å²) in [6, 6.07) is 14.0. The molecule has 2 rings (SSSR count). The van der Waals surface area contributed by atoms with E-state index in [1.54, 1.807) is 31.4 Å². The average Bonchev–Trinajstić information content (AvgIpc) is 2.61. The van der Waals surface area contributed by atoms with Crippen LogP contribution in [0.1, 0.15) is 36.5 Å². The number of ether oxygens (including phenoxy) is 1. The van der Waals surface area contributed by atoms with Gasteiger partial charge in [0, 0.05) is 5.33 Å². The van der Waals surface area contributed by atoms with Crippen molar-refractivity contribution in [2.45, 2.75) is 37.2 Å². The maximum atomic E-state index is 12.6. The van der Waals surface area contributed by atoms with E-state index in [4.69, 9.17) is 8.92 Å². The average molecular weight is 427 g/mol. The summed E-state index contributed by atoms with van der Waals surface area (Å²) < 4.78 is 36.0. The molecule has 136 valence electrons. The third-order valence-electron chi connectivity index (χ3n) is 3.89. The van der Waals surface area contributed by atoms with Crippen molar-refractivity contribution in [2.75, 3.05) is 12.4 Å². The summed E-state index contributed by atoms with van der Waals surface area (Å²) >= 11 is 3.40. The number of aryl methyl sites for hydroxylation is 1. The second-order valence-electron chi connectivity index (χ2n) is 5.81. The molecule has 0 saturated carbocycles. The minimum Gasteiger partial charge on any atom is -0.497 e. The molecular formula is C19H23BrO4S. The van der Waals surface area contributed by atoms with E-state index < -0.39 is 16.2 Å². The molecule has 2 aromatic carbocycles. The Labute approximate surface area is 158 Å². The predicted molar refractivity (Wildman–Crippen MR) is 103 cm³/mol. The van der Waals surface area contributed by atoms with Crippen LogP contribution in [0.4, 0.5) is 0 Å². The number of halogens is 1. The maximum Gasteiger partial charge on any atom is 0.297 e. The molecule has 0 amide bonds. The number of methoxy groups -OCH3 is 1. The van der Waals surface area contributed by atoms with Crippen molar-refractivity contribution in [1.82, 2.24) is 0 Å². The van der Waals surface area contributed by atoms with Gasteiger partial charge in [-0.15, -0.1) is 0 Å². The monoisotopic (exact) mass is 426 g/mol. The molecule has 4 nitrogen and oxygen atoms in total. The molecule has 25 heavy (non-hydrogen) atoms. The van der Waals surface area contributed by atoms with Crippen molar-refractivity contribution in [1.29, 1.82) is 0 Å². The molecule has 1 unspecified atom stereocenters. The zero-order valence-electron chi connectivity index (χ0n) is 14.4. The van der Waals surface area contributed by atoms with Crippen LogP contribution < -0.4 is 4.74 Å². The summed E-state index contributed by atoms with van der Waals surface area (Å²) in [6.45, 7) is 1.91. The van der Waals surface area contributed by atoms with Crippen LogP contribution in [-0.2, 0) is 14.3 Å². The standard InChI is InChI=1S/C19H23BrO4S/c1-15-6-12-18(13-7-15)25(21,22)24-19(5-3-4-14-20)16-8-10-17(23-2)11-9-16/h6-13,19H,3-5,14H2,1-2H3. The van der Waals surface area contributed by atoms with E-state index in [1.165, 1.54) is 0 Å². The summed E-state index contributed by atoms with van der Waals surface area (Å²) in [5.74, 6) is 0.726. The van der Waals surface area contributed by atoms with Crippen LogP contribution in [0.2, 0.25) is 0 Å². The van der Waals surface area contributed by atoms with Gasteiger partial charge >= 0.3 is 0 Å². The zero-order chi connectivity index (χ0) is 18.3. The largest absolute Gasteiger partial charge is 0.497 e. The van der Waals surface area contributed by atoms with Gasteiger partial charge in [0.15, 0.2) is 0 Å². The van der Waals surface area contributed by atoms with Gasteiger partial charge in [-0.2, -0.15) is 8.42 Å². The summed E-state index contributed by atoms with van der Waals surface area (Å²) in [7, 11) is -2.22. The van der Waals surface area contributed by atoms with E-state index in [9.17, 15) is 8.42 Å². The van der Waals surface area contributed by atoms with Gasteiger partial charge < -0.3 is 4.74 Å². The Bertz CT molecular complexity index is 755. The lowest BCUT2D eigenvalue weighted by Gasteiger charge is -2.18. The van der Waals surface area contributed by atoms with Gasteiger partial charge in [0.25, 0.3) is 10.1 Å². The Balaban J connectivity index is 2.23. The van der Waals surface area contributed by atoms with E-state index >= 15 is 0 Å². The van der Waals surface area contributed by atoms with Crippen LogP contribution in [0.15, 0.2) is 53.4 Å². The van der Waals surface area contributed by atoms with Crippen molar-refractivity contribution in [3.63, 3.8) is 0 Å². The molecule has 0 heterocycles. The molecule has 1 atom stereocenters. The third kappa shape index (κ3) is 5.83. The fourth-order valence-corrected chi connectivity index (χ4v) is 3.92. The van der Waals surface area contributed by atoms with Crippen LogP contribution in [0, 0.1) is 6.92 Å². The molecule has 0 fully saturated rings. The van der Waals surface area contributed by atoms with Gasteiger partial charge in [0.1, 0.15) is 11.9 Å². The van der Waals surface area contributed by atoms with Crippen molar-refractivity contribution in [3.05, 3.63) is 59.7 Å². The van der Waals surface area contributed by atoms with Gasteiger partial charge in [-0.05, 0) is 56.0 Å². The molecule has 0 radical (unpaired) electrons. The molecule has 0 aliphatic rings. The second-order valence-corrected chi connectivity index (χ2v) is 8.18. The Morgan fingerprint density at radius 3 is 2.20 bits per heavy atom. The summed E-state index contributed by atoms with van der Waals surface area (Å²) in [4.78, 5) is 0.178. The first kappa shape index (κ1) is 19.9. The van der Waals surface area contributed by atoms with Crippen molar-refractivity contribution < 1.29 is 17.3 Å². The molecule has 2 aromatic rings. The minimum absolute atomic E-state index is 0.178. The van der Waals surface area contributed by atoms with Gasteiger partial charge in [-0.3, -0.25) is 4.18 Å². The van der Waals surface area contributed by atoms with Crippen LogP contribution in [0.3, 0.4) is 0 Å². The number of hydrogen-bond acceptors (Lipinski definition) is 4. The molecule has 0 bridgehead atoms. The van der Waals surface area contributed by atoms with Crippen molar-refractivity contribution >= 4 is 26.0 Å². The first-order chi connectivity index (χ1) is 12.0. The summed E-state index contributed by atoms with van der Waals surface area (Å²) in [5.41, 5.74) is 1.83. The topological polar surface area (TPSA) is 52.6 Å². The Morgan fingerprint density at radius 1 is 1.00 bits per heavy atom. The van der Waals surface area contributed by atoms with Crippen LogP contribution in [0.25, 0.3) is 0 Å². The molecule has 0 spiro atoms. The highest BCUT2D eigenvalue weighted by Crippen LogP contribution is 2.29. The van der Waals surface area contributed by atoms with E-state index in [-0.39, 0.29) is 4.90 Å². The molecule has 0 aromatic heterocycles. The number of benzene rings is 2. The number of hydrogen-bond donors (Lipinski definition) is 0. The Hall–Kier alpha value is -1.37. The third-order valence-corrected chi connectivity index (χ3v) is 5.79. The minimum atomic E-state index is -3.82. The van der Waals surface area contributed by atoms with E-state index in [2.05, 4.69) is 15.9 Å². The van der Waals surface area contributed by atoms with Crippen molar-refractivity contribution in [2.24, 2.45) is 0 Å². The van der Waals surface area contributed by atoms with Gasteiger partial charge in [0.2, 0.25) is 0 Å². The maximum absolute atomic E-state index is 12.6. The first-order valence-corrected chi connectivity index (χ1v) is 10.7. The summed E-state index contributed by atoms with van der Waals surface area (Å²) in [6.07, 6.45) is 1.94. The molecule has 0 N–H and O–H groups in total. The Kier molecular flexibility index (Phi) is 7.47. The van der Waals surface area contributed by atoms with Gasteiger partial charge in [-0.1, -0.05) is 45.8 Å². The van der Waals surface area contributed by atoms with Crippen LogP contribution in [-0.4, -0.2) is 20.9 Å². The van der Waals surface area contributed by atoms with Crippen LogP contribution >= 0.6 is 15.9 Å². The highest BCUT2D eigenvalue weighted by molar-refractivity contribution is 9.09. The highest BCUT2D eigenvalue weighted by atomic mass is 79.9. The smallest absolute Gasteiger partial charge is 0.297 e. The lowest BCUT2D eigenvalue weighted by Crippen LogP contribution is -2.13. The van der Waals surface area contributed by atoms with Gasteiger partial charge in [-0.25, -0.2) is 0 Å². The van der Waals surface area contributed by atoms with E-state index in [1.807, 2.05) is 31.2 Å². The van der Waals surface area contributed by atoms with E-state index in [0.717, 1.165) is 35.0 Å².